The van der Waals surface area contributed by atoms with Crippen LogP contribution in [-0.4, -0.2) is 32.4 Å². The summed E-state index contributed by atoms with van der Waals surface area (Å²) >= 11 is 1.48. The second-order valence-corrected chi connectivity index (χ2v) is 7.43. The summed E-state index contributed by atoms with van der Waals surface area (Å²) in [6.45, 7) is -0.894. The highest BCUT2D eigenvalue weighted by Gasteiger charge is 2.26. The molecule has 0 amide bonds. The van der Waals surface area contributed by atoms with Crippen molar-refractivity contribution in [2.75, 3.05) is 0 Å². The second kappa shape index (κ2) is 7.67. The van der Waals surface area contributed by atoms with Gasteiger partial charge in [0.1, 0.15) is 11.6 Å². The Morgan fingerprint density at radius 1 is 1.11 bits per heavy atom. The summed E-state index contributed by atoms with van der Waals surface area (Å²) < 4.78 is 44.6. The molecule has 1 aliphatic heterocycles. The minimum atomic E-state index is -2.87. The number of thioether (sulfide) groups is 1. The van der Waals surface area contributed by atoms with Gasteiger partial charge in [0, 0.05) is 6.42 Å². The van der Waals surface area contributed by atoms with E-state index in [4.69, 9.17) is 0 Å². The van der Waals surface area contributed by atoms with E-state index >= 15 is 0 Å². The first-order valence-corrected chi connectivity index (χ1v) is 9.37. The third-order valence-electron chi connectivity index (χ3n) is 4.23. The van der Waals surface area contributed by atoms with Crippen molar-refractivity contribution < 1.29 is 17.9 Å². The molecule has 0 spiro atoms. The van der Waals surface area contributed by atoms with Crippen LogP contribution in [0, 0.1) is 5.82 Å². The third-order valence-corrected chi connectivity index (χ3v) is 5.28. The second-order valence-electron chi connectivity index (χ2n) is 6.13. The topological polar surface area (TPSA) is 52.3 Å². The van der Waals surface area contributed by atoms with E-state index in [-0.39, 0.29) is 23.2 Å². The van der Waals surface area contributed by atoms with Gasteiger partial charge in [0.2, 0.25) is 5.16 Å². The van der Waals surface area contributed by atoms with Crippen LogP contribution in [0.5, 0.6) is 5.75 Å². The lowest BCUT2D eigenvalue weighted by Crippen LogP contribution is -2.22. The van der Waals surface area contributed by atoms with Crippen molar-refractivity contribution in [1.82, 2.24) is 14.9 Å². The number of fused-ring (bicyclic) bond motifs is 1. The third kappa shape index (κ3) is 3.75. The molecule has 2 heterocycles. The fraction of sp³-hybridized carbons (Fsp3) is 0.211. The largest absolute Gasteiger partial charge is 0.435 e. The molecule has 0 saturated carbocycles. The molecule has 3 aromatic rings. The van der Waals surface area contributed by atoms with Gasteiger partial charge in [-0.05, 0) is 48.4 Å². The van der Waals surface area contributed by atoms with Crippen molar-refractivity contribution in [2.45, 2.75) is 30.4 Å². The summed E-state index contributed by atoms with van der Waals surface area (Å²) in [6, 6.07) is 12.8. The van der Waals surface area contributed by atoms with Gasteiger partial charge in [-0.25, -0.2) is 4.39 Å². The van der Waals surface area contributed by atoms with E-state index in [0.717, 1.165) is 11.3 Å². The molecule has 0 saturated heterocycles. The molecule has 2 aromatic carbocycles. The molecule has 0 aliphatic carbocycles. The summed E-state index contributed by atoms with van der Waals surface area (Å²) in [4.78, 5) is 0. The average Bonchev–Trinajstić information content (AvgIpc) is 3.05. The van der Waals surface area contributed by atoms with Gasteiger partial charge in [0.15, 0.2) is 5.82 Å². The zero-order valence-corrected chi connectivity index (χ0v) is 15.5. The Hall–Kier alpha value is -2.81. The first-order chi connectivity index (χ1) is 13.5. The van der Waals surface area contributed by atoms with Crippen LogP contribution in [0.25, 0.3) is 0 Å². The molecule has 144 valence electrons. The SMILES string of the molecule is C[C@@H]1Sc2nnc(Cc3ccccc3F)n2N=C1c1ccc(OC(F)F)cc1. The maximum Gasteiger partial charge on any atom is 0.387 e. The van der Waals surface area contributed by atoms with E-state index in [9.17, 15) is 13.2 Å². The molecule has 0 bridgehead atoms. The zero-order valence-electron chi connectivity index (χ0n) is 14.7. The van der Waals surface area contributed by atoms with Crippen LogP contribution in [0.15, 0.2) is 58.8 Å². The highest BCUT2D eigenvalue weighted by molar-refractivity contribution is 8.00. The van der Waals surface area contributed by atoms with E-state index in [1.54, 1.807) is 35.0 Å². The van der Waals surface area contributed by atoms with E-state index in [2.05, 4.69) is 20.0 Å². The Balaban J connectivity index is 1.65. The number of rotatable bonds is 5. The first kappa shape index (κ1) is 18.5. The number of benzene rings is 2. The number of halogens is 3. The monoisotopic (exact) mass is 404 g/mol. The minimum absolute atomic E-state index is 0.0140. The normalized spacial score (nSPS) is 16.0. The van der Waals surface area contributed by atoms with Crippen LogP contribution < -0.4 is 4.74 Å². The van der Waals surface area contributed by atoms with Crippen molar-refractivity contribution in [1.29, 1.82) is 0 Å². The van der Waals surface area contributed by atoms with Crippen molar-refractivity contribution in [3.63, 3.8) is 0 Å². The molecule has 0 unspecified atom stereocenters. The molecule has 1 aromatic heterocycles. The summed E-state index contributed by atoms with van der Waals surface area (Å²) in [5.41, 5.74) is 2.03. The van der Waals surface area contributed by atoms with Crippen LogP contribution in [0.4, 0.5) is 13.2 Å². The molecule has 4 rings (SSSR count). The van der Waals surface area contributed by atoms with Crippen LogP contribution in [-0.2, 0) is 6.42 Å². The van der Waals surface area contributed by atoms with Gasteiger partial charge in [-0.2, -0.15) is 18.6 Å². The Morgan fingerprint density at radius 3 is 2.57 bits per heavy atom. The Labute approximate surface area is 163 Å². The molecule has 0 N–H and O–H groups in total. The van der Waals surface area contributed by atoms with Crippen LogP contribution in [0.2, 0.25) is 0 Å². The zero-order chi connectivity index (χ0) is 19.7. The van der Waals surface area contributed by atoms with Gasteiger partial charge < -0.3 is 4.74 Å². The number of hydrogen-bond donors (Lipinski definition) is 0. The molecule has 9 heteroatoms. The number of ether oxygens (including phenoxy) is 1. The maximum absolute atomic E-state index is 14.0. The fourth-order valence-corrected chi connectivity index (χ4v) is 3.84. The average molecular weight is 404 g/mol. The maximum atomic E-state index is 14.0. The van der Waals surface area contributed by atoms with Gasteiger partial charge in [0.25, 0.3) is 0 Å². The molecular formula is C19H15F3N4OS. The number of aromatic nitrogens is 3. The van der Waals surface area contributed by atoms with Crippen molar-refractivity contribution in [3.05, 3.63) is 71.3 Å². The van der Waals surface area contributed by atoms with E-state index in [0.29, 0.717) is 16.5 Å². The number of nitrogens with zero attached hydrogens (tertiary/aromatic N) is 4. The number of hydrogen-bond acceptors (Lipinski definition) is 5. The van der Waals surface area contributed by atoms with E-state index < -0.39 is 6.61 Å². The Bertz CT molecular complexity index is 1020. The highest BCUT2D eigenvalue weighted by Crippen LogP contribution is 2.31. The smallest absolute Gasteiger partial charge is 0.387 e. The lowest BCUT2D eigenvalue weighted by atomic mass is 10.1. The predicted molar refractivity (Wildman–Crippen MR) is 99.6 cm³/mol. The lowest BCUT2D eigenvalue weighted by molar-refractivity contribution is -0.0498. The standard InChI is InChI=1S/C19H15F3N4OS/c1-11-17(12-6-8-14(9-7-12)27-18(21)22)25-26-16(23-24-19(26)28-11)10-13-4-2-3-5-15(13)20/h2-9,11,18H,10H2,1H3/t11-/m0/s1. The summed E-state index contributed by atoms with van der Waals surface area (Å²) in [5.74, 6) is 0.297. The van der Waals surface area contributed by atoms with Crippen molar-refractivity contribution in [2.24, 2.45) is 5.10 Å². The number of alkyl halides is 2. The van der Waals surface area contributed by atoms with Gasteiger partial charge in [-0.15, -0.1) is 10.2 Å². The summed E-state index contributed by atoms with van der Waals surface area (Å²) in [7, 11) is 0. The van der Waals surface area contributed by atoms with Crippen LogP contribution >= 0.6 is 11.8 Å². The molecule has 0 fully saturated rings. The minimum Gasteiger partial charge on any atom is -0.435 e. The summed E-state index contributed by atoms with van der Waals surface area (Å²) in [6.07, 6.45) is 0.257. The highest BCUT2D eigenvalue weighted by atomic mass is 32.2. The van der Waals surface area contributed by atoms with Crippen LogP contribution in [0.1, 0.15) is 23.9 Å². The van der Waals surface area contributed by atoms with Gasteiger partial charge in [0.05, 0.1) is 11.0 Å². The Morgan fingerprint density at radius 2 is 1.86 bits per heavy atom. The molecule has 28 heavy (non-hydrogen) atoms. The molecular weight excluding hydrogens is 389 g/mol. The predicted octanol–water partition coefficient (Wildman–Crippen LogP) is 4.36. The summed E-state index contributed by atoms with van der Waals surface area (Å²) in [5, 5.41) is 13.6. The van der Waals surface area contributed by atoms with Crippen molar-refractivity contribution >= 4 is 17.5 Å². The molecule has 0 radical (unpaired) electrons. The Kier molecular flexibility index (Phi) is 5.08. The van der Waals surface area contributed by atoms with E-state index in [1.807, 2.05) is 6.92 Å². The van der Waals surface area contributed by atoms with Gasteiger partial charge in [-0.3, -0.25) is 0 Å². The van der Waals surface area contributed by atoms with Gasteiger partial charge in [-0.1, -0.05) is 30.0 Å². The fourth-order valence-electron chi connectivity index (χ4n) is 2.89. The lowest BCUT2D eigenvalue weighted by Gasteiger charge is -2.20. The van der Waals surface area contributed by atoms with Gasteiger partial charge >= 0.3 is 6.61 Å². The molecule has 1 aliphatic rings. The van der Waals surface area contributed by atoms with Crippen LogP contribution in [0.3, 0.4) is 0 Å². The molecule has 1 atom stereocenters. The van der Waals surface area contributed by atoms with Crippen molar-refractivity contribution in [3.8, 4) is 5.75 Å². The van der Waals surface area contributed by atoms with E-state index in [1.165, 1.54) is 30.0 Å². The molecule has 5 nitrogen and oxygen atoms in total. The first-order valence-electron chi connectivity index (χ1n) is 8.49. The quantitative estimate of drug-likeness (QED) is 0.634.